The third-order valence-corrected chi connectivity index (χ3v) is 4.80. The van der Waals surface area contributed by atoms with Crippen LogP contribution in [0.3, 0.4) is 0 Å². The van der Waals surface area contributed by atoms with Crippen molar-refractivity contribution in [1.82, 2.24) is 9.97 Å². The average Bonchev–Trinajstić information content (AvgIpc) is 2.77. The summed E-state index contributed by atoms with van der Waals surface area (Å²) in [5.41, 5.74) is 2.87. The minimum absolute atomic E-state index is 0.0554. The lowest BCUT2D eigenvalue weighted by atomic mass is 10.0. The van der Waals surface area contributed by atoms with Crippen LogP contribution >= 0.6 is 0 Å². The van der Waals surface area contributed by atoms with E-state index in [0.29, 0.717) is 40.0 Å². The van der Waals surface area contributed by atoms with Crippen molar-refractivity contribution in [1.29, 1.82) is 0 Å². The van der Waals surface area contributed by atoms with E-state index in [2.05, 4.69) is 9.97 Å². The third-order valence-electron chi connectivity index (χ3n) is 4.80. The molecule has 0 amide bonds. The van der Waals surface area contributed by atoms with Crippen LogP contribution in [0.15, 0.2) is 24.3 Å². The molecule has 0 radical (unpaired) electrons. The smallest absolute Gasteiger partial charge is 0.313 e. The van der Waals surface area contributed by atoms with E-state index in [1.807, 2.05) is 19.1 Å². The minimum Gasteiger partial charge on any atom is -0.493 e. The van der Waals surface area contributed by atoms with E-state index in [1.54, 1.807) is 40.6 Å². The van der Waals surface area contributed by atoms with Crippen LogP contribution in [0.25, 0.3) is 22.2 Å². The van der Waals surface area contributed by atoms with Gasteiger partial charge in [-0.1, -0.05) is 0 Å². The molecule has 0 bridgehead atoms. The number of carbonyl (C=O) groups is 1. The number of hydrogen-bond acceptors (Lipinski definition) is 8. The van der Waals surface area contributed by atoms with Gasteiger partial charge in [-0.2, -0.15) is 0 Å². The molecule has 0 saturated heterocycles. The lowest BCUT2D eigenvalue weighted by Gasteiger charge is -2.17. The molecule has 3 aromatic rings. The van der Waals surface area contributed by atoms with Crippen LogP contribution in [0, 0.1) is 6.92 Å². The van der Waals surface area contributed by atoms with Crippen molar-refractivity contribution in [2.75, 3.05) is 35.5 Å². The number of fused-ring (bicyclic) bond motifs is 1. The van der Waals surface area contributed by atoms with Gasteiger partial charge in [0.15, 0.2) is 23.0 Å². The number of aryl methyl sites for hydroxylation is 1. The first kappa shape index (κ1) is 21.2. The molecular weight excluding hydrogens is 388 g/mol. The number of ether oxygens (including phenoxy) is 5. The van der Waals surface area contributed by atoms with Gasteiger partial charge in [0.05, 0.1) is 46.8 Å². The summed E-state index contributed by atoms with van der Waals surface area (Å²) in [6.45, 7) is 1.91. The summed E-state index contributed by atoms with van der Waals surface area (Å²) in [7, 11) is 7.62. The highest BCUT2D eigenvalue weighted by molar-refractivity contribution is 5.98. The fraction of sp³-hybridized carbons (Fsp3) is 0.318. The Morgan fingerprint density at radius 1 is 0.867 bits per heavy atom. The van der Waals surface area contributed by atoms with Crippen LogP contribution in [-0.2, 0) is 16.0 Å². The summed E-state index contributed by atoms with van der Waals surface area (Å²) in [5.74, 6) is 2.22. The molecule has 158 valence electrons. The molecule has 30 heavy (non-hydrogen) atoms. The molecule has 0 saturated carbocycles. The quantitative estimate of drug-likeness (QED) is 0.546. The maximum atomic E-state index is 11.9. The monoisotopic (exact) mass is 412 g/mol. The van der Waals surface area contributed by atoms with Crippen LogP contribution in [0.4, 0.5) is 0 Å². The fourth-order valence-electron chi connectivity index (χ4n) is 3.37. The topological polar surface area (TPSA) is 89.0 Å². The van der Waals surface area contributed by atoms with E-state index in [-0.39, 0.29) is 6.42 Å². The van der Waals surface area contributed by atoms with Crippen LogP contribution in [0.2, 0.25) is 0 Å². The molecule has 0 aliphatic heterocycles. The van der Waals surface area contributed by atoms with Crippen molar-refractivity contribution in [2.45, 2.75) is 13.3 Å². The number of methoxy groups -OCH3 is 5. The lowest BCUT2D eigenvalue weighted by molar-refractivity contribution is -0.139. The second kappa shape index (κ2) is 8.86. The van der Waals surface area contributed by atoms with Gasteiger partial charge in [0.2, 0.25) is 0 Å². The summed E-state index contributed by atoms with van der Waals surface area (Å²) in [6, 6.07) is 7.28. The Balaban J connectivity index is 2.35. The summed E-state index contributed by atoms with van der Waals surface area (Å²) < 4.78 is 26.6. The van der Waals surface area contributed by atoms with Gasteiger partial charge >= 0.3 is 5.97 Å². The van der Waals surface area contributed by atoms with Gasteiger partial charge < -0.3 is 23.7 Å². The maximum absolute atomic E-state index is 11.9. The van der Waals surface area contributed by atoms with E-state index in [4.69, 9.17) is 23.7 Å². The highest BCUT2D eigenvalue weighted by atomic mass is 16.5. The molecule has 0 unspecified atom stereocenters. The van der Waals surface area contributed by atoms with Crippen LogP contribution < -0.4 is 18.9 Å². The van der Waals surface area contributed by atoms with Gasteiger partial charge in [-0.25, -0.2) is 9.97 Å². The molecule has 0 aliphatic rings. The molecule has 1 aromatic heterocycles. The second-order valence-electron chi connectivity index (χ2n) is 6.44. The Hall–Kier alpha value is -3.55. The summed E-state index contributed by atoms with van der Waals surface area (Å²) in [5, 5.41) is 0.786. The predicted molar refractivity (Wildman–Crippen MR) is 112 cm³/mol. The zero-order valence-electron chi connectivity index (χ0n) is 17.9. The molecule has 0 aliphatic carbocycles. The predicted octanol–water partition coefficient (Wildman–Crippen LogP) is 3.36. The number of hydrogen-bond donors (Lipinski definition) is 0. The van der Waals surface area contributed by atoms with Crippen molar-refractivity contribution >= 4 is 16.9 Å². The standard InChI is InChI=1S/C22H24N2O6/c1-12-20-14(10-17(28-4)22(12)30-6)23-18(11-19(25)29-5)24-21(20)13-7-8-15(26-2)16(9-13)27-3/h7-10H,11H2,1-6H3. The number of nitrogens with zero attached hydrogens (tertiary/aromatic N) is 2. The second-order valence-corrected chi connectivity index (χ2v) is 6.44. The van der Waals surface area contributed by atoms with Gasteiger partial charge in [0.1, 0.15) is 12.2 Å². The molecule has 3 rings (SSSR count). The summed E-state index contributed by atoms with van der Waals surface area (Å²) in [6.07, 6.45) is -0.0554. The molecule has 0 atom stereocenters. The summed E-state index contributed by atoms with van der Waals surface area (Å²) >= 11 is 0. The van der Waals surface area contributed by atoms with Crippen LogP contribution in [0.5, 0.6) is 23.0 Å². The SMILES string of the molecule is COC(=O)Cc1nc(-c2ccc(OC)c(OC)c2)c2c(C)c(OC)c(OC)cc2n1. The minimum atomic E-state index is -0.426. The first-order valence-corrected chi connectivity index (χ1v) is 9.18. The number of benzene rings is 2. The Labute approximate surface area is 174 Å². The van der Waals surface area contributed by atoms with E-state index in [1.165, 1.54) is 7.11 Å². The molecule has 0 fully saturated rings. The third kappa shape index (κ3) is 3.80. The highest BCUT2D eigenvalue weighted by Crippen LogP contribution is 2.41. The first-order chi connectivity index (χ1) is 14.5. The maximum Gasteiger partial charge on any atom is 0.313 e. The van der Waals surface area contributed by atoms with Gasteiger partial charge in [0, 0.05) is 22.6 Å². The number of rotatable bonds is 7. The number of esters is 1. The molecule has 0 spiro atoms. The molecule has 8 heteroatoms. The molecule has 0 N–H and O–H groups in total. The Kier molecular flexibility index (Phi) is 6.25. The molecule has 2 aromatic carbocycles. The van der Waals surface area contributed by atoms with Crippen molar-refractivity contribution in [3.63, 3.8) is 0 Å². The van der Waals surface area contributed by atoms with Gasteiger partial charge in [-0.05, 0) is 25.1 Å². The van der Waals surface area contributed by atoms with Crippen molar-refractivity contribution in [3.05, 3.63) is 35.7 Å². The normalized spacial score (nSPS) is 10.6. The van der Waals surface area contributed by atoms with E-state index in [0.717, 1.165) is 16.5 Å². The number of carbonyl (C=O) groups excluding carboxylic acids is 1. The Morgan fingerprint density at radius 2 is 1.57 bits per heavy atom. The zero-order valence-corrected chi connectivity index (χ0v) is 17.9. The zero-order chi connectivity index (χ0) is 21.8. The van der Waals surface area contributed by atoms with E-state index < -0.39 is 5.97 Å². The van der Waals surface area contributed by atoms with Crippen molar-refractivity contribution in [3.8, 4) is 34.3 Å². The van der Waals surface area contributed by atoms with Gasteiger partial charge in [-0.15, -0.1) is 0 Å². The van der Waals surface area contributed by atoms with Crippen LogP contribution in [-0.4, -0.2) is 51.5 Å². The molecular formula is C22H24N2O6. The first-order valence-electron chi connectivity index (χ1n) is 9.18. The average molecular weight is 412 g/mol. The molecule has 1 heterocycles. The fourth-order valence-corrected chi connectivity index (χ4v) is 3.37. The molecule has 8 nitrogen and oxygen atoms in total. The van der Waals surface area contributed by atoms with Crippen molar-refractivity contribution in [2.24, 2.45) is 0 Å². The van der Waals surface area contributed by atoms with E-state index >= 15 is 0 Å². The van der Waals surface area contributed by atoms with Crippen molar-refractivity contribution < 1.29 is 28.5 Å². The summed E-state index contributed by atoms with van der Waals surface area (Å²) in [4.78, 5) is 21.1. The lowest BCUT2D eigenvalue weighted by Crippen LogP contribution is -2.09. The largest absolute Gasteiger partial charge is 0.493 e. The van der Waals surface area contributed by atoms with Crippen LogP contribution in [0.1, 0.15) is 11.4 Å². The number of aromatic nitrogens is 2. The Bertz CT molecular complexity index is 1100. The van der Waals surface area contributed by atoms with Gasteiger partial charge in [-0.3, -0.25) is 4.79 Å². The Morgan fingerprint density at radius 3 is 2.17 bits per heavy atom. The highest BCUT2D eigenvalue weighted by Gasteiger charge is 2.20. The van der Waals surface area contributed by atoms with Gasteiger partial charge in [0.25, 0.3) is 0 Å². The van der Waals surface area contributed by atoms with E-state index in [9.17, 15) is 4.79 Å².